The Morgan fingerprint density at radius 1 is 0.875 bits per heavy atom. The van der Waals surface area contributed by atoms with Crippen LogP contribution >= 0.6 is 0 Å². The summed E-state index contributed by atoms with van der Waals surface area (Å²) in [6.07, 6.45) is 4.38. The van der Waals surface area contributed by atoms with Gasteiger partial charge in [0.05, 0.1) is 12.5 Å². The molecule has 0 saturated carbocycles. The Kier molecular flexibility index (Phi) is 7.94. The van der Waals surface area contributed by atoms with Crippen LogP contribution in [-0.2, 0) is 12.8 Å². The number of aliphatic hydroxyl groups is 1. The Morgan fingerprint density at radius 2 is 1.38 bits per heavy atom. The summed E-state index contributed by atoms with van der Waals surface area (Å²) in [4.78, 5) is 13.5. The molecular formula is C25H30O7. The molecule has 0 unspecified atom stereocenters. The number of benzene rings is 2. The summed E-state index contributed by atoms with van der Waals surface area (Å²) < 4.78 is 11.2. The first-order valence-electron chi connectivity index (χ1n) is 10.1. The van der Waals surface area contributed by atoms with Gasteiger partial charge in [0, 0.05) is 30.4 Å². The zero-order valence-corrected chi connectivity index (χ0v) is 19.2. The molecule has 2 aromatic carbocycles. The number of allylic oxidation sites excluding steroid dienone is 4. The summed E-state index contributed by atoms with van der Waals surface area (Å²) >= 11 is 0. The molecule has 32 heavy (non-hydrogen) atoms. The van der Waals surface area contributed by atoms with Crippen molar-refractivity contribution in [1.29, 1.82) is 0 Å². The van der Waals surface area contributed by atoms with E-state index in [9.17, 15) is 20.1 Å². The van der Waals surface area contributed by atoms with Crippen LogP contribution in [0.3, 0.4) is 0 Å². The summed E-state index contributed by atoms with van der Waals surface area (Å²) in [5.41, 5.74) is 2.53. The van der Waals surface area contributed by atoms with Crippen molar-refractivity contribution in [2.45, 2.75) is 40.5 Å². The second-order valence-corrected chi connectivity index (χ2v) is 7.78. The highest BCUT2D eigenvalue weighted by Gasteiger charge is 2.23. The van der Waals surface area contributed by atoms with Crippen molar-refractivity contribution in [2.75, 3.05) is 14.2 Å². The van der Waals surface area contributed by atoms with Crippen LogP contribution in [-0.4, -0.2) is 34.6 Å². The van der Waals surface area contributed by atoms with Gasteiger partial charge < -0.3 is 29.6 Å². The summed E-state index contributed by atoms with van der Waals surface area (Å²) in [6, 6.07) is 2.63. The second-order valence-electron chi connectivity index (χ2n) is 7.78. The van der Waals surface area contributed by atoms with Gasteiger partial charge in [0.25, 0.3) is 0 Å². The van der Waals surface area contributed by atoms with Crippen molar-refractivity contribution in [2.24, 2.45) is 0 Å². The predicted octanol–water partition coefficient (Wildman–Crippen LogP) is 4.70. The third-order valence-electron chi connectivity index (χ3n) is 4.98. The van der Waals surface area contributed by atoms with Crippen LogP contribution in [0.2, 0.25) is 0 Å². The first-order valence-corrected chi connectivity index (χ1v) is 10.1. The van der Waals surface area contributed by atoms with Crippen molar-refractivity contribution < 1.29 is 29.6 Å². The number of aromatic hydroxyl groups is 3. The highest BCUT2D eigenvalue weighted by atomic mass is 16.5. The second kappa shape index (κ2) is 10.2. The minimum absolute atomic E-state index is 0.0105. The highest BCUT2D eigenvalue weighted by Crippen LogP contribution is 2.40. The summed E-state index contributed by atoms with van der Waals surface area (Å²) in [6.45, 7) is 7.68. The van der Waals surface area contributed by atoms with Gasteiger partial charge in [-0.3, -0.25) is 4.79 Å². The molecule has 4 N–H and O–H groups in total. The number of ether oxygens (including phenoxy) is 1. The summed E-state index contributed by atoms with van der Waals surface area (Å²) in [5, 5.41) is 38.8. The fraction of sp³-hybridized carbons (Fsp3) is 0.320. The zero-order valence-electron chi connectivity index (χ0n) is 19.2. The number of methoxy groups -OCH3 is 1. The van der Waals surface area contributed by atoms with Crippen LogP contribution in [0.1, 0.15) is 38.8 Å². The van der Waals surface area contributed by atoms with Crippen LogP contribution in [0, 0.1) is 0 Å². The minimum atomic E-state index is -0.447. The van der Waals surface area contributed by atoms with E-state index in [1.165, 1.54) is 19.2 Å². The molecule has 7 nitrogen and oxygen atoms in total. The fourth-order valence-corrected chi connectivity index (χ4v) is 3.46. The van der Waals surface area contributed by atoms with Crippen LogP contribution in [0.25, 0.3) is 21.9 Å². The van der Waals surface area contributed by atoms with Gasteiger partial charge in [0.1, 0.15) is 28.1 Å². The topological polar surface area (TPSA) is 120 Å². The Morgan fingerprint density at radius 3 is 1.91 bits per heavy atom. The lowest BCUT2D eigenvalue weighted by Gasteiger charge is -2.14. The van der Waals surface area contributed by atoms with E-state index in [1.807, 2.05) is 39.8 Å². The zero-order chi connectivity index (χ0) is 24.2. The Labute approximate surface area is 186 Å². The third kappa shape index (κ3) is 4.73. The highest BCUT2D eigenvalue weighted by molar-refractivity contribution is 5.97. The standard InChI is InChI=1S/C24H26O6.CH4O/c1-12(2)6-8-14-16(25)10-19-21(22(14)27)23(28)20-15(9-7-13(3)4)24(29-5)17(26)11-18(20)30-19;1-2/h6-7,10-11,25-27H,8-9H2,1-5H3;2H,1H3. The van der Waals surface area contributed by atoms with Gasteiger partial charge in [-0.2, -0.15) is 0 Å². The van der Waals surface area contributed by atoms with E-state index >= 15 is 0 Å². The number of aliphatic hydroxyl groups excluding tert-OH is 1. The van der Waals surface area contributed by atoms with E-state index in [2.05, 4.69) is 0 Å². The van der Waals surface area contributed by atoms with Gasteiger partial charge in [-0.1, -0.05) is 23.3 Å². The van der Waals surface area contributed by atoms with E-state index in [-0.39, 0.29) is 56.9 Å². The van der Waals surface area contributed by atoms with Gasteiger partial charge in [-0.05, 0) is 40.5 Å². The lowest BCUT2D eigenvalue weighted by Crippen LogP contribution is -2.08. The van der Waals surface area contributed by atoms with Crippen LogP contribution in [0.5, 0.6) is 23.0 Å². The third-order valence-corrected chi connectivity index (χ3v) is 4.98. The average Bonchev–Trinajstić information content (AvgIpc) is 2.72. The van der Waals surface area contributed by atoms with Gasteiger partial charge in [-0.15, -0.1) is 0 Å². The minimum Gasteiger partial charge on any atom is -0.507 e. The lowest BCUT2D eigenvalue weighted by molar-refractivity contribution is 0.370. The first-order chi connectivity index (χ1) is 15.1. The number of hydrogen-bond donors (Lipinski definition) is 4. The molecule has 0 fully saturated rings. The molecule has 1 aromatic heterocycles. The van der Waals surface area contributed by atoms with Crippen molar-refractivity contribution in [3.63, 3.8) is 0 Å². The normalized spacial score (nSPS) is 10.5. The molecule has 0 amide bonds. The van der Waals surface area contributed by atoms with Crippen LogP contribution < -0.4 is 10.2 Å². The maximum Gasteiger partial charge on any atom is 0.204 e. The SMILES string of the molecule is CO.COc1c(O)cc2oc3cc(O)c(CC=C(C)C)c(O)c3c(=O)c2c1CC=C(C)C. The smallest absolute Gasteiger partial charge is 0.204 e. The van der Waals surface area contributed by atoms with Crippen LogP contribution in [0.15, 0.2) is 44.6 Å². The van der Waals surface area contributed by atoms with Crippen molar-refractivity contribution >= 4 is 21.9 Å². The number of fused-ring (bicyclic) bond motifs is 2. The molecule has 0 aliphatic heterocycles. The molecule has 1 heterocycles. The Bertz CT molecular complexity index is 1260. The molecule has 0 bridgehead atoms. The van der Waals surface area contributed by atoms with Crippen molar-refractivity contribution in [3.8, 4) is 23.0 Å². The molecule has 0 saturated heterocycles. The Hall–Kier alpha value is -3.45. The van der Waals surface area contributed by atoms with E-state index in [0.717, 1.165) is 18.3 Å². The molecule has 3 rings (SSSR count). The number of phenols is 3. The first kappa shape index (κ1) is 24.8. The van der Waals surface area contributed by atoms with Gasteiger partial charge >= 0.3 is 0 Å². The Balaban J connectivity index is 0.00000176. The molecule has 0 aliphatic rings. The average molecular weight is 443 g/mol. The molecule has 3 aromatic rings. The predicted molar refractivity (Wildman–Crippen MR) is 126 cm³/mol. The van der Waals surface area contributed by atoms with Gasteiger partial charge in [0.15, 0.2) is 11.5 Å². The maximum atomic E-state index is 13.5. The van der Waals surface area contributed by atoms with Crippen molar-refractivity contribution in [3.05, 3.63) is 56.8 Å². The van der Waals surface area contributed by atoms with Gasteiger partial charge in [-0.25, -0.2) is 0 Å². The molecule has 0 radical (unpaired) electrons. The van der Waals surface area contributed by atoms with Crippen LogP contribution in [0.4, 0.5) is 0 Å². The number of phenolic OH excluding ortho intramolecular Hbond substituents is 3. The van der Waals surface area contributed by atoms with E-state index < -0.39 is 5.43 Å². The quantitative estimate of drug-likeness (QED) is 0.334. The van der Waals surface area contributed by atoms with Gasteiger partial charge in [0.2, 0.25) is 5.43 Å². The van der Waals surface area contributed by atoms with Crippen molar-refractivity contribution in [1.82, 2.24) is 0 Å². The molecule has 7 heteroatoms. The van der Waals surface area contributed by atoms with E-state index in [0.29, 0.717) is 12.0 Å². The molecule has 0 aliphatic carbocycles. The fourth-order valence-electron chi connectivity index (χ4n) is 3.46. The molecular weight excluding hydrogens is 412 g/mol. The summed E-state index contributed by atoms with van der Waals surface area (Å²) in [7, 11) is 2.42. The lowest BCUT2D eigenvalue weighted by atomic mass is 9.98. The monoisotopic (exact) mass is 442 g/mol. The largest absolute Gasteiger partial charge is 0.507 e. The number of rotatable bonds is 5. The molecule has 0 spiro atoms. The molecule has 0 atom stereocenters. The number of hydrogen-bond acceptors (Lipinski definition) is 7. The molecule has 172 valence electrons. The maximum absolute atomic E-state index is 13.5. The van der Waals surface area contributed by atoms with E-state index in [4.69, 9.17) is 14.3 Å². The van der Waals surface area contributed by atoms with E-state index in [1.54, 1.807) is 0 Å². The summed E-state index contributed by atoms with van der Waals surface area (Å²) in [5.74, 6) is -0.436.